The SMILES string of the molecule is C/C(=C\CCc1ccc2ccccc2c1)[C@H](O)[C@H](C)/C=C/I. The summed E-state index contributed by atoms with van der Waals surface area (Å²) in [6.45, 7) is 4.06. The molecule has 0 aliphatic carbocycles. The molecule has 0 aliphatic rings. The molecule has 1 N–H and O–H groups in total. The third-order valence-electron chi connectivity index (χ3n) is 4.05. The summed E-state index contributed by atoms with van der Waals surface area (Å²) in [7, 11) is 0. The first-order valence-corrected chi connectivity index (χ1v) is 8.95. The highest BCUT2D eigenvalue weighted by molar-refractivity contribution is 14.1. The lowest BCUT2D eigenvalue weighted by Crippen LogP contribution is -2.16. The van der Waals surface area contributed by atoms with E-state index in [-0.39, 0.29) is 12.0 Å². The predicted octanol–water partition coefficient (Wildman–Crippen LogP) is 5.66. The van der Waals surface area contributed by atoms with Crippen LogP contribution in [0.4, 0.5) is 0 Å². The fourth-order valence-corrected chi connectivity index (χ4v) is 3.27. The van der Waals surface area contributed by atoms with E-state index >= 15 is 0 Å². The summed E-state index contributed by atoms with van der Waals surface area (Å²) in [6, 6.07) is 15.1. The molecule has 116 valence electrons. The van der Waals surface area contributed by atoms with Gasteiger partial charge in [-0.2, -0.15) is 0 Å². The third kappa shape index (κ3) is 4.68. The van der Waals surface area contributed by atoms with E-state index in [0.29, 0.717) is 0 Å². The van der Waals surface area contributed by atoms with Crippen LogP contribution in [0.1, 0.15) is 25.8 Å². The molecule has 2 heteroatoms. The summed E-state index contributed by atoms with van der Waals surface area (Å²) >= 11 is 2.19. The first-order chi connectivity index (χ1) is 10.6. The number of rotatable bonds is 6. The largest absolute Gasteiger partial charge is 0.388 e. The number of allylic oxidation sites excluding steroid dienone is 1. The summed E-state index contributed by atoms with van der Waals surface area (Å²) in [5.74, 6) is 0.161. The lowest BCUT2D eigenvalue weighted by atomic mass is 9.97. The van der Waals surface area contributed by atoms with Gasteiger partial charge in [-0.05, 0) is 45.8 Å². The fourth-order valence-electron chi connectivity index (χ4n) is 2.62. The van der Waals surface area contributed by atoms with Gasteiger partial charge in [-0.3, -0.25) is 0 Å². The molecule has 0 spiro atoms. The van der Waals surface area contributed by atoms with Crippen LogP contribution in [0, 0.1) is 5.92 Å². The van der Waals surface area contributed by atoms with Gasteiger partial charge in [0.1, 0.15) is 0 Å². The fraction of sp³-hybridized carbons (Fsp3) is 0.300. The van der Waals surface area contributed by atoms with Crippen molar-refractivity contribution < 1.29 is 5.11 Å². The Morgan fingerprint density at radius 2 is 1.91 bits per heavy atom. The predicted molar refractivity (Wildman–Crippen MR) is 104 cm³/mol. The monoisotopic (exact) mass is 406 g/mol. The van der Waals surface area contributed by atoms with E-state index in [1.807, 2.05) is 24.0 Å². The summed E-state index contributed by atoms with van der Waals surface area (Å²) in [5, 5.41) is 12.8. The van der Waals surface area contributed by atoms with Crippen LogP contribution in [0.15, 0.2) is 64.3 Å². The number of aliphatic hydroxyl groups excluding tert-OH is 1. The van der Waals surface area contributed by atoms with E-state index in [1.165, 1.54) is 16.3 Å². The van der Waals surface area contributed by atoms with Crippen molar-refractivity contribution in [3.63, 3.8) is 0 Å². The number of halogens is 1. The molecular formula is C20H23IO. The quantitative estimate of drug-likeness (QED) is 0.485. The second-order valence-electron chi connectivity index (χ2n) is 5.79. The zero-order valence-electron chi connectivity index (χ0n) is 13.2. The Kier molecular flexibility index (Phi) is 6.65. The van der Waals surface area contributed by atoms with Crippen molar-refractivity contribution in [3.05, 3.63) is 69.8 Å². The first-order valence-electron chi connectivity index (χ1n) is 7.71. The summed E-state index contributed by atoms with van der Waals surface area (Å²) in [4.78, 5) is 0. The topological polar surface area (TPSA) is 20.2 Å². The highest BCUT2D eigenvalue weighted by Gasteiger charge is 2.12. The first kappa shape index (κ1) is 17.2. The van der Waals surface area contributed by atoms with Crippen molar-refractivity contribution in [1.82, 2.24) is 0 Å². The Balaban J connectivity index is 1.97. The minimum atomic E-state index is -0.386. The van der Waals surface area contributed by atoms with Crippen LogP contribution < -0.4 is 0 Å². The number of hydrogen-bond donors (Lipinski definition) is 1. The van der Waals surface area contributed by atoms with Gasteiger partial charge < -0.3 is 5.11 Å². The van der Waals surface area contributed by atoms with Crippen molar-refractivity contribution in [2.75, 3.05) is 0 Å². The molecule has 0 unspecified atom stereocenters. The molecule has 2 aromatic rings. The molecule has 0 fully saturated rings. The van der Waals surface area contributed by atoms with Crippen LogP contribution in [0.5, 0.6) is 0 Å². The van der Waals surface area contributed by atoms with Crippen molar-refractivity contribution in [1.29, 1.82) is 0 Å². The average molecular weight is 406 g/mol. The number of fused-ring (bicyclic) bond motifs is 1. The van der Waals surface area contributed by atoms with Gasteiger partial charge in [0.2, 0.25) is 0 Å². The van der Waals surface area contributed by atoms with Crippen LogP contribution in [-0.2, 0) is 6.42 Å². The maximum absolute atomic E-state index is 10.2. The summed E-state index contributed by atoms with van der Waals surface area (Å²) in [5.41, 5.74) is 2.40. The standard InChI is InChI=1S/C20H23IO/c1-15(20(22)16(2)12-13-21)6-5-7-17-10-11-18-8-3-4-9-19(18)14-17/h3-4,6,8-14,16,20,22H,5,7H2,1-2H3/b13-12+,15-6+/t16-,20+/m1/s1. The molecule has 2 aromatic carbocycles. The lowest BCUT2D eigenvalue weighted by Gasteiger charge is -2.16. The highest BCUT2D eigenvalue weighted by Crippen LogP contribution is 2.18. The van der Waals surface area contributed by atoms with Crippen LogP contribution in [0.2, 0.25) is 0 Å². The molecule has 2 rings (SSSR count). The second-order valence-corrected chi connectivity index (χ2v) is 6.51. The number of benzene rings is 2. The Morgan fingerprint density at radius 3 is 2.64 bits per heavy atom. The van der Waals surface area contributed by atoms with E-state index in [0.717, 1.165) is 18.4 Å². The lowest BCUT2D eigenvalue weighted by molar-refractivity contribution is 0.173. The Bertz CT molecular complexity index is 672. The van der Waals surface area contributed by atoms with Crippen LogP contribution in [0.3, 0.4) is 0 Å². The number of aliphatic hydroxyl groups is 1. The Labute approximate surface area is 146 Å². The Hall–Kier alpha value is -1.13. The average Bonchev–Trinajstić information content (AvgIpc) is 2.54. The highest BCUT2D eigenvalue weighted by atomic mass is 127. The molecule has 0 amide bonds. The molecule has 0 bridgehead atoms. The van der Waals surface area contributed by atoms with Gasteiger partial charge in [-0.25, -0.2) is 0 Å². The molecule has 0 aliphatic heterocycles. The number of aryl methyl sites for hydroxylation is 1. The maximum atomic E-state index is 10.2. The normalized spacial score (nSPS) is 15.4. The third-order valence-corrected chi connectivity index (χ3v) is 4.47. The van der Waals surface area contributed by atoms with Gasteiger partial charge in [0, 0.05) is 5.92 Å². The van der Waals surface area contributed by atoms with E-state index < -0.39 is 0 Å². The van der Waals surface area contributed by atoms with Gasteiger partial charge >= 0.3 is 0 Å². The molecule has 0 aromatic heterocycles. The maximum Gasteiger partial charge on any atom is 0.0807 e. The summed E-state index contributed by atoms with van der Waals surface area (Å²) in [6.07, 6.45) is 5.78. The van der Waals surface area contributed by atoms with Crippen LogP contribution in [-0.4, -0.2) is 11.2 Å². The second kappa shape index (κ2) is 8.49. The van der Waals surface area contributed by atoms with Gasteiger partial charge in [0.15, 0.2) is 0 Å². The molecular weight excluding hydrogens is 383 g/mol. The molecule has 0 saturated heterocycles. The van der Waals surface area contributed by atoms with Crippen LogP contribution >= 0.6 is 22.6 Å². The number of hydrogen-bond acceptors (Lipinski definition) is 1. The zero-order valence-corrected chi connectivity index (χ0v) is 15.3. The zero-order chi connectivity index (χ0) is 15.9. The van der Waals surface area contributed by atoms with Crippen molar-refractivity contribution in [3.8, 4) is 0 Å². The van der Waals surface area contributed by atoms with Crippen molar-refractivity contribution in [2.45, 2.75) is 32.8 Å². The van der Waals surface area contributed by atoms with E-state index in [2.05, 4.69) is 71.1 Å². The van der Waals surface area contributed by atoms with Crippen LogP contribution in [0.25, 0.3) is 10.8 Å². The molecule has 2 atom stereocenters. The van der Waals surface area contributed by atoms with Gasteiger partial charge in [0.25, 0.3) is 0 Å². The van der Waals surface area contributed by atoms with Crippen molar-refractivity contribution in [2.24, 2.45) is 5.92 Å². The van der Waals surface area contributed by atoms with E-state index in [9.17, 15) is 5.11 Å². The van der Waals surface area contributed by atoms with Gasteiger partial charge in [-0.1, -0.05) is 84.1 Å². The van der Waals surface area contributed by atoms with Gasteiger partial charge in [-0.15, -0.1) is 0 Å². The molecule has 1 nitrogen and oxygen atoms in total. The summed E-state index contributed by atoms with van der Waals surface area (Å²) < 4.78 is 1.97. The minimum Gasteiger partial charge on any atom is -0.388 e. The van der Waals surface area contributed by atoms with E-state index in [4.69, 9.17) is 0 Å². The van der Waals surface area contributed by atoms with Gasteiger partial charge in [0.05, 0.1) is 6.10 Å². The molecule has 0 radical (unpaired) electrons. The molecule has 0 heterocycles. The molecule has 22 heavy (non-hydrogen) atoms. The van der Waals surface area contributed by atoms with Crippen molar-refractivity contribution >= 4 is 33.4 Å². The van der Waals surface area contributed by atoms with E-state index in [1.54, 1.807) is 0 Å². The molecule has 0 saturated carbocycles. The smallest absolute Gasteiger partial charge is 0.0807 e. The minimum absolute atomic E-state index is 0.161. The Morgan fingerprint density at radius 1 is 1.18 bits per heavy atom.